The van der Waals surface area contributed by atoms with E-state index >= 15 is 0 Å². The monoisotopic (exact) mass is 271 g/mol. The zero-order valence-corrected chi connectivity index (χ0v) is 10.00. The highest BCUT2D eigenvalue weighted by molar-refractivity contribution is 9.10. The largest absolute Gasteiger partial charge is 0.368 e. The number of aromatic nitrogens is 2. The Labute approximate surface area is 97.2 Å². The maximum atomic E-state index is 5.53. The SMILES string of the molecule is Nc1ncc(Br)c(NN2CCCCC2)n1. The van der Waals surface area contributed by atoms with E-state index in [1.54, 1.807) is 6.20 Å². The second kappa shape index (κ2) is 4.76. The summed E-state index contributed by atoms with van der Waals surface area (Å²) in [5, 5.41) is 2.16. The first-order valence-corrected chi connectivity index (χ1v) is 5.84. The van der Waals surface area contributed by atoms with Crippen LogP contribution in [0.25, 0.3) is 0 Å². The van der Waals surface area contributed by atoms with Crippen molar-refractivity contribution >= 4 is 27.7 Å². The van der Waals surface area contributed by atoms with Crippen LogP contribution in [0.5, 0.6) is 0 Å². The van der Waals surface area contributed by atoms with Crippen LogP contribution in [0.15, 0.2) is 10.7 Å². The van der Waals surface area contributed by atoms with Crippen LogP contribution in [-0.2, 0) is 0 Å². The van der Waals surface area contributed by atoms with E-state index in [4.69, 9.17) is 5.73 Å². The Morgan fingerprint density at radius 3 is 2.80 bits per heavy atom. The number of nitrogen functional groups attached to an aromatic ring is 1. The van der Waals surface area contributed by atoms with E-state index in [9.17, 15) is 0 Å². The van der Waals surface area contributed by atoms with Gasteiger partial charge in [0.2, 0.25) is 5.95 Å². The van der Waals surface area contributed by atoms with Crippen LogP contribution in [0.4, 0.5) is 11.8 Å². The third-order valence-electron chi connectivity index (χ3n) is 2.38. The average Bonchev–Trinajstić information content (AvgIpc) is 2.25. The van der Waals surface area contributed by atoms with E-state index in [1.807, 2.05) is 0 Å². The number of hydrogen-bond donors (Lipinski definition) is 2. The van der Waals surface area contributed by atoms with Crippen LogP contribution < -0.4 is 11.2 Å². The Morgan fingerprint density at radius 1 is 1.33 bits per heavy atom. The molecule has 0 radical (unpaired) electrons. The van der Waals surface area contributed by atoms with Gasteiger partial charge in [-0.05, 0) is 28.8 Å². The number of anilines is 2. The lowest BCUT2D eigenvalue weighted by Gasteiger charge is -2.27. The highest BCUT2D eigenvalue weighted by Gasteiger charge is 2.12. The Morgan fingerprint density at radius 2 is 2.07 bits per heavy atom. The first kappa shape index (κ1) is 10.6. The lowest BCUT2D eigenvalue weighted by Crippen LogP contribution is -2.35. The highest BCUT2D eigenvalue weighted by atomic mass is 79.9. The van der Waals surface area contributed by atoms with Gasteiger partial charge in [-0.2, -0.15) is 4.98 Å². The van der Waals surface area contributed by atoms with Crippen LogP contribution in [0.1, 0.15) is 19.3 Å². The summed E-state index contributed by atoms with van der Waals surface area (Å²) in [5.41, 5.74) is 8.78. The summed E-state index contributed by atoms with van der Waals surface area (Å²) in [6.07, 6.45) is 5.43. The van der Waals surface area contributed by atoms with Crippen LogP contribution in [-0.4, -0.2) is 28.1 Å². The number of hydrogen-bond acceptors (Lipinski definition) is 5. The molecule has 15 heavy (non-hydrogen) atoms. The second-order valence-electron chi connectivity index (χ2n) is 3.58. The Bertz CT molecular complexity index is 337. The highest BCUT2D eigenvalue weighted by Crippen LogP contribution is 2.20. The third-order valence-corrected chi connectivity index (χ3v) is 2.96. The fraction of sp³-hybridized carbons (Fsp3) is 0.556. The molecule has 1 aromatic rings. The van der Waals surface area contributed by atoms with Crippen LogP contribution >= 0.6 is 15.9 Å². The molecule has 3 N–H and O–H groups in total. The van der Waals surface area contributed by atoms with Gasteiger partial charge in [-0.1, -0.05) is 6.42 Å². The lowest BCUT2D eigenvalue weighted by molar-refractivity contribution is 0.272. The third kappa shape index (κ3) is 2.79. The number of nitrogens with zero attached hydrogens (tertiary/aromatic N) is 3. The maximum absolute atomic E-state index is 5.53. The normalized spacial score (nSPS) is 17.7. The van der Waals surface area contributed by atoms with Crippen molar-refractivity contribution in [2.75, 3.05) is 24.2 Å². The van der Waals surface area contributed by atoms with Crippen molar-refractivity contribution in [2.45, 2.75) is 19.3 Å². The predicted octanol–water partition coefficient (Wildman–Crippen LogP) is 1.63. The van der Waals surface area contributed by atoms with Crippen molar-refractivity contribution in [3.63, 3.8) is 0 Å². The summed E-state index contributed by atoms with van der Waals surface area (Å²) >= 11 is 3.39. The van der Waals surface area contributed by atoms with Crippen LogP contribution in [0, 0.1) is 0 Å². The second-order valence-corrected chi connectivity index (χ2v) is 4.44. The fourth-order valence-corrected chi connectivity index (χ4v) is 1.89. The van der Waals surface area contributed by atoms with Crippen molar-refractivity contribution in [2.24, 2.45) is 0 Å². The minimum absolute atomic E-state index is 0.290. The van der Waals surface area contributed by atoms with Gasteiger partial charge in [0.15, 0.2) is 5.82 Å². The Balaban J connectivity index is 2.05. The van der Waals surface area contributed by atoms with Gasteiger partial charge >= 0.3 is 0 Å². The molecule has 0 atom stereocenters. The van der Waals surface area contributed by atoms with Gasteiger partial charge in [0.05, 0.1) is 4.47 Å². The molecule has 0 bridgehead atoms. The summed E-state index contributed by atoms with van der Waals surface area (Å²) in [6, 6.07) is 0. The van der Waals surface area contributed by atoms with Gasteiger partial charge in [-0.25, -0.2) is 9.99 Å². The van der Waals surface area contributed by atoms with Gasteiger partial charge < -0.3 is 11.2 Å². The van der Waals surface area contributed by atoms with Crippen molar-refractivity contribution < 1.29 is 0 Å². The summed E-state index contributed by atoms with van der Waals surface area (Å²) < 4.78 is 0.835. The number of hydrazine groups is 1. The topological polar surface area (TPSA) is 67.1 Å². The molecule has 1 fully saturated rings. The smallest absolute Gasteiger partial charge is 0.222 e. The first-order valence-electron chi connectivity index (χ1n) is 5.05. The average molecular weight is 272 g/mol. The standard InChI is InChI=1S/C9H14BrN5/c10-7-6-12-9(11)13-8(7)14-15-4-2-1-3-5-15/h6H,1-5H2,(H3,11,12,13,14). The molecule has 1 aliphatic heterocycles. The zero-order chi connectivity index (χ0) is 10.7. The van der Waals surface area contributed by atoms with Crippen LogP contribution in [0.3, 0.4) is 0 Å². The van der Waals surface area contributed by atoms with E-state index in [-0.39, 0.29) is 5.95 Å². The molecule has 1 aromatic heterocycles. The molecular weight excluding hydrogens is 258 g/mol. The fourth-order valence-electron chi connectivity index (χ4n) is 1.61. The van der Waals surface area contributed by atoms with E-state index < -0.39 is 0 Å². The van der Waals surface area contributed by atoms with E-state index in [2.05, 4.69) is 36.3 Å². The summed E-state index contributed by atoms with van der Waals surface area (Å²) in [7, 11) is 0. The molecule has 2 heterocycles. The lowest BCUT2D eigenvalue weighted by atomic mass is 10.2. The molecule has 0 aromatic carbocycles. The molecular formula is C9H14BrN5. The molecule has 0 unspecified atom stereocenters. The van der Waals surface area contributed by atoms with Crippen molar-refractivity contribution in [1.29, 1.82) is 0 Å². The number of halogens is 1. The van der Waals surface area contributed by atoms with Crippen molar-refractivity contribution in [3.05, 3.63) is 10.7 Å². The minimum Gasteiger partial charge on any atom is -0.368 e. The summed E-state index contributed by atoms with van der Waals surface area (Å²) in [6.45, 7) is 2.10. The summed E-state index contributed by atoms with van der Waals surface area (Å²) in [5.74, 6) is 1.03. The van der Waals surface area contributed by atoms with Gasteiger partial charge in [-0.3, -0.25) is 0 Å². The molecule has 82 valence electrons. The molecule has 1 saturated heterocycles. The molecule has 0 amide bonds. The molecule has 0 spiro atoms. The molecule has 0 saturated carbocycles. The van der Waals surface area contributed by atoms with Gasteiger partial charge in [0.1, 0.15) is 0 Å². The number of rotatable bonds is 2. The molecule has 6 heteroatoms. The summed E-state index contributed by atoms with van der Waals surface area (Å²) in [4.78, 5) is 8.03. The number of nitrogens with two attached hydrogens (primary N) is 1. The van der Waals surface area contributed by atoms with Gasteiger partial charge in [-0.15, -0.1) is 0 Å². The van der Waals surface area contributed by atoms with E-state index in [1.165, 1.54) is 19.3 Å². The molecule has 2 rings (SSSR count). The number of nitrogens with one attached hydrogen (secondary N) is 1. The van der Waals surface area contributed by atoms with Crippen LogP contribution in [0.2, 0.25) is 0 Å². The Kier molecular flexibility index (Phi) is 3.37. The Hall–Kier alpha value is -0.880. The number of piperidine rings is 1. The van der Waals surface area contributed by atoms with Gasteiger partial charge in [0, 0.05) is 19.3 Å². The van der Waals surface area contributed by atoms with Crippen molar-refractivity contribution in [3.8, 4) is 0 Å². The quantitative estimate of drug-likeness (QED) is 0.856. The van der Waals surface area contributed by atoms with Crippen molar-refractivity contribution in [1.82, 2.24) is 15.0 Å². The molecule has 0 aliphatic carbocycles. The minimum atomic E-state index is 0.290. The van der Waals surface area contributed by atoms with E-state index in [0.29, 0.717) is 0 Å². The predicted molar refractivity (Wildman–Crippen MR) is 63.2 cm³/mol. The molecule has 1 aliphatic rings. The maximum Gasteiger partial charge on any atom is 0.222 e. The van der Waals surface area contributed by atoms with E-state index in [0.717, 1.165) is 23.4 Å². The zero-order valence-electron chi connectivity index (χ0n) is 8.41. The van der Waals surface area contributed by atoms with Gasteiger partial charge in [0.25, 0.3) is 0 Å². The first-order chi connectivity index (χ1) is 7.25. The molecule has 5 nitrogen and oxygen atoms in total.